The third-order valence-electron chi connectivity index (χ3n) is 8.77. The van der Waals surface area contributed by atoms with Crippen LogP contribution in [0.4, 0.5) is 11.4 Å². The Kier molecular flexibility index (Phi) is 11.7. The van der Waals surface area contributed by atoms with Gasteiger partial charge in [0.25, 0.3) is 0 Å². The highest BCUT2D eigenvalue weighted by Crippen LogP contribution is 2.30. The summed E-state index contributed by atoms with van der Waals surface area (Å²) >= 11 is 0. The van der Waals surface area contributed by atoms with Gasteiger partial charge in [-0.15, -0.1) is 0 Å². The Hall–Kier alpha value is -2.82. The number of hydrogen-bond donors (Lipinski definition) is 4. The van der Waals surface area contributed by atoms with Crippen molar-refractivity contribution in [3.63, 3.8) is 0 Å². The average Bonchev–Trinajstić information content (AvgIpc) is 2.98. The van der Waals surface area contributed by atoms with Crippen LogP contribution < -0.4 is 21.7 Å². The second kappa shape index (κ2) is 15.7. The van der Waals surface area contributed by atoms with E-state index in [9.17, 15) is 0 Å². The Bertz CT molecular complexity index is 1040. The molecule has 0 bridgehead atoms. The van der Waals surface area contributed by atoms with Crippen LogP contribution in [0.2, 0.25) is 0 Å². The van der Waals surface area contributed by atoms with Crippen LogP contribution in [0.3, 0.4) is 0 Å². The zero-order valence-corrected chi connectivity index (χ0v) is 24.1. The molecule has 3 aromatic rings. The van der Waals surface area contributed by atoms with Crippen molar-refractivity contribution in [3.05, 3.63) is 96.6 Å². The maximum Gasteiger partial charge on any atom is 0.0340 e. The van der Waals surface area contributed by atoms with E-state index in [-0.39, 0.29) is 0 Å². The van der Waals surface area contributed by atoms with Gasteiger partial charge in [-0.05, 0) is 92.0 Å². The molecule has 3 aromatic carbocycles. The highest BCUT2D eigenvalue weighted by molar-refractivity contribution is 5.43. The van der Waals surface area contributed by atoms with Crippen molar-refractivity contribution < 1.29 is 0 Å². The molecule has 0 amide bonds. The maximum absolute atomic E-state index is 6.03. The zero-order valence-electron chi connectivity index (χ0n) is 24.1. The lowest BCUT2D eigenvalue weighted by atomic mass is 9.79. The summed E-state index contributed by atoms with van der Waals surface area (Å²) in [5.74, 6) is 3.00. The fourth-order valence-electron chi connectivity index (χ4n) is 6.19. The van der Waals surface area contributed by atoms with Crippen molar-refractivity contribution in [2.45, 2.75) is 71.0 Å². The van der Waals surface area contributed by atoms with Gasteiger partial charge in [0.05, 0.1) is 0 Å². The Morgan fingerprint density at radius 2 is 1.10 bits per heavy atom. The molecule has 0 saturated heterocycles. The highest BCUT2D eigenvalue weighted by Gasteiger charge is 2.27. The molecule has 39 heavy (non-hydrogen) atoms. The smallest absolute Gasteiger partial charge is 0.0340 e. The molecule has 0 aromatic heterocycles. The summed E-state index contributed by atoms with van der Waals surface area (Å²) in [7, 11) is 0. The summed E-state index contributed by atoms with van der Waals surface area (Å²) in [6, 6.07) is 32.8. The van der Waals surface area contributed by atoms with Gasteiger partial charge in [-0.1, -0.05) is 80.6 Å². The van der Waals surface area contributed by atoms with Gasteiger partial charge in [0.1, 0.15) is 0 Å². The van der Waals surface area contributed by atoms with Gasteiger partial charge in [0.2, 0.25) is 0 Å². The third-order valence-corrected chi connectivity index (χ3v) is 8.77. The first-order valence-electron chi connectivity index (χ1n) is 15.2. The van der Waals surface area contributed by atoms with Crippen molar-refractivity contribution >= 4 is 11.4 Å². The number of nitrogens with two attached hydrogens (primary N) is 1. The van der Waals surface area contributed by atoms with Gasteiger partial charge in [0, 0.05) is 43.1 Å². The van der Waals surface area contributed by atoms with E-state index in [0.717, 1.165) is 37.4 Å². The first-order valence-corrected chi connectivity index (χ1v) is 15.2. The number of nitrogens with one attached hydrogen (secondary N) is 3. The molecule has 4 nitrogen and oxygen atoms in total. The summed E-state index contributed by atoms with van der Waals surface area (Å²) < 4.78 is 0. The van der Waals surface area contributed by atoms with Gasteiger partial charge in [-0.25, -0.2) is 0 Å². The predicted octanol–water partition coefficient (Wildman–Crippen LogP) is 7.56. The summed E-state index contributed by atoms with van der Waals surface area (Å²) in [4.78, 5) is 0. The molecule has 2 saturated carbocycles. The fourth-order valence-corrected chi connectivity index (χ4v) is 6.19. The predicted molar refractivity (Wildman–Crippen MR) is 168 cm³/mol. The summed E-state index contributed by atoms with van der Waals surface area (Å²) in [6.45, 7) is 7.85. The Morgan fingerprint density at radius 1 is 0.615 bits per heavy atom. The number of anilines is 2. The van der Waals surface area contributed by atoms with Crippen LogP contribution in [0.15, 0.2) is 91.0 Å². The minimum absolute atomic E-state index is 0.424. The molecule has 2 fully saturated rings. The first-order chi connectivity index (χ1) is 19.1. The minimum atomic E-state index is 0.424. The molecular weight excluding hydrogens is 476 g/mol. The van der Waals surface area contributed by atoms with Gasteiger partial charge >= 0.3 is 0 Å². The number of hydrogen-bond acceptors (Lipinski definition) is 4. The molecule has 210 valence electrons. The standard InChI is InChI=1S/C21H28N2.C14H22N2/c1-17-14-19(16-22-20-10-6-3-7-11-20)12-13-21(17)23-15-18-8-4-2-5-9-18;1-11-9-12(7-8-14(11)15)10-16-13-5-3-2-4-6-13/h2-11,17,19,21-23H,12-16H2,1H3;2-6,11-12,14,16H,7-10,15H2,1H3. The molecule has 0 aliphatic heterocycles. The first kappa shape index (κ1) is 29.2. The zero-order chi connectivity index (χ0) is 27.3. The second-order valence-corrected chi connectivity index (χ2v) is 11.9. The molecule has 0 radical (unpaired) electrons. The van der Waals surface area contributed by atoms with Gasteiger partial charge in [0.15, 0.2) is 0 Å². The van der Waals surface area contributed by atoms with Crippen LogP contribution in [0.1, 0.15) is 57.9 Å². The van der Waals surface area contributed by atoms with E-state index in [1.165, 1.54) is 55.5 Å². The normalized spacial score (nSPS) is 26.6. The number of rotatable bonds is 9. The molecule has 6 atom stereocenters. The second-order valence-electron chi connectivity index (χ2n) is 11.9. The van der Waals surface area contributed by atoms with Crippen molar-refractivity contribution in [1.29, 1.82) is 0 Å². The van der Waals surface area contributed by atoms with Crippen LogP contribution >= 0.6 is 0 Å². The van der Waals surface area contributed by atoms with Gasteiger partial charge in [-0.2, -0.15) is 0 Å². The van der Waals surface area contributed by atoms with Crippen LogP contribution in [0, 0.1) is 23.7 Å². The van der Waals surface area contributed by atoms with Crippen molar-refractivity contribution in [1.82, 2.24) is 5.32 Å². The van der Waals surface area contributed by atoms with Gasteiger partial charge < -0.3 is 21.7 Å². The fraction of sp³-hybridized carbons (Fsp3) is 0.486. The molecule has 5 rings (SSSR count). The van der Waals surface area contributed by atoms with E-state index in [1.54, 1.807) is 0 Å². The van der Waals surface area contributed by atoms with Crippen LogP contribution in [-0.2, 0) is 6.54 Å². The summed E-state index contributed by atoms with van der Waals surface area (Å²) in [5, 5.41) is 10.9. The van der Waals surface area contributed by atoms with E-state index in [1.807, 2.05) is 6.07 Å². The average molecular weight is 527 g/mol. The van der Waals surface area contributed by atoms with Crippen molar-refractivity contribution in [2.75, 3.05) is 23.7 Å². The lowest BCUT2D eigenvalue weighted by molar-refractivity contribution is 0.223. The summed E-state index contributed by atoms with van der Waals surface area (Å²) in [5.41, 5.74) is 9.88. The van der Waals surface area contributed by atoms with Crippen LogP contribution in [0.5, 0.6) is 0 Å². The Balaban J connectivity index is 0.000000193. The maximum atomic E-state index is 6.03. The Labute approximate surface area is 237 Å². The molecule has 0 spiro atoms. The van der Waals surface area contributed by atoms with Crippen LogP contribution in [0.25, 0.3) is 0 Å². The monoisotopic (exact) mass is 526 g/mol. The van der Waals surface area contributed by atoms with Crippen molar-refractivity contribution in [3.8, 4) is 0 Å². The molecule has 4 heteroatoms. The SMILES string of the molecule is CC1CC(CNc2ccccc2)CCC1N.CC1CC(CNc2ccccc2)CCC1NCc1ccccc1. The molecule has 2 aliphatic rings. The molecule has 0 heterocycles. The number of benzene rings is 3. The molecule has 5 N–H and O–H groups in total. The largest absolute Gasteiger partial charge is 0.385 e. The number of para-hydroxylation sites is 2. The lowest BCUT2D eigenvalue weighted by Gasteiger charge is -2.35. The van der Waals surface area contributed by atoms with E-state index in [2.05, 4.69) is 115 Å². The molecule has 6 unspecified atom stereocenters. The third kappa shape index (κ3) is 10.0. The van der Waals surface area contributed by atoms with E-state index in [0.29, 0.717) is 18.0 Å². The Morgan fingerprint density at radius 3 is 1.62 bits per heavy atom. The topological polar surface area (TPSA) is 62.1 Å². The molecular formula is C35H50N4. The van der Waals surface area contributed by atoms with E-state index >= 15 is 0 Å². The quantitative estimate of drug-likeness (QED) is 0.232. The van der Waals surface area contributed by atoms with E-state index < -0.39 is 0 Å². The minimum Gasteiger partial charge on any atom is -0.385 e. The van der Waals surface area contributed by atoms with E-state index in [4.69, 9.17) is 5.73 Å². The lowest BCUT2D eigenvalue weighted by Crippen LogP contribution is -2.40. The highest BCUT2D eigenvalue weighted by atomic mass is 14.9. The van der Waals surface area contributed by atoms with Gasteiger partial charge in [-0.3, -0.25) is 0 Å². The van der Waals surface area contributed by atoms with Crippen molar-refractivity contribution in [2.24, 2.45) is 29.4 Å². The summed E-state index contributed by atoms with van der Waals surface area (Å²) in [6.07, 6.45) is 7.63. The van der Waals surface area contributed by atoms with Crippen LogP contribution in [-0.4, -0.2) is 25.2 Å². The molecule has 2 aliphatic carbocycles.